The van der Waals surface area contributed by atoms with Crippen molar-refractivity contribution in [2.75, 3.05) is 25.1 Å². The lowest BCUT2D eigenvalue weighted by Gasteiger charge is -2.43. The maximum absolute atomic E-state index is 14.1. The Morgan fingerprint density at radius 1 is 1.08 bits per heavy atom. The van der Waals surface area contributed by atoms with Gasteiger partial charge in [0.2, 0.25) is 0 Å². The molecule has 1 aliphatic carbocycles. The molecule has 1 saturated carbocycles. The van der Waals surface area contributed by atoms with Gasteiger partial charge in [0.25, 0.3) is 5.56 Å². The van der Waals surface area contributed by atoms with Crippen molar-refractivity contribution < 1.29 is 9.53 Å². The van der Waals surface area contributed by atoms with Crippen molar-refractivity contribution in [1.82, 2.24) is 14.5 Å². The van der Waals surface area contributed by atoms with Crippen LogP contribution in [-0.2, 0) is 9.53 Å². The number of anilines is 1. The largest absolute Gasteiger partial charge is 0.469 e. The molecule has 0 radical (unpaired) electrons. The average Bonchev–Trinajstić information content (AvgIpc) is 3.47. The summed E-state index contributed by atoms with van der Waals surface area (Å²) in [5, 5.41) is 0. The molecule has 3 fully saturated rings. The Kier molecular flexibility index (Phi) is 8.65. The van der Waals surface area contributed by atoms with Gasteiger partial charge >= 0.3 is 5.97 Å². The van der Waals surface area contributed by atoms with Gasteiger partial charge < -0.3 is 14.2 Å². The predicted octanol–water partition coefficient (Wildman–Crippen LogP) is 6.09. The summed E-state index contributed by atoms with van der Waals surface area (Å²) in [4.78, 5) is 35.8. The van der Waals surface area contributed by atoms with E-state index in [1.807, 2.05) is 28.8 Å². The maximum atomic E-state index is 14.1. The number of ether oxygens (including phenoxy) is 1. The fourth-order valence-corrected chi connectivity index (χ4v) is 7.81. The zero-order valence-electron chi connectivity index (χ0n) is 24.5. The van der Waals surface area contributed by atoms with Crippen molar-refractivity contribution in [3.05, 3.63) is 34.6 Å². The summed E-state index contributed by atoms with van der Waals surface area (Å²) in [6.07, 6.45) is 14.0. The summed E-state index contributed by atoms with van der Waals surface area (Å²) in [6.45, 7) is 8.49. The van der Waals surface area contributed by atoms with Crippen LogP contribution in [0.1, 0.15) is 104 Å². The molecule has 1 aromatic heterocycles. The first kappa shape index (κ1) is 28.1. The van der Waals surface area contributed by atoms with E-state index in [-0.39, 0.29) is 29.0 Å². The number of esters is 1. The van der Waals surface area contributed by atoms with Gasteiger partial charge in [-0.3, -0.25) is 14.5 Å². The van der Waals surface area contributed by atoms with Gasteiger partial charge in [-0.1, -0.05) is 44.2 Å². The summed E-state index contributed by atoms with van der Waals surface area (Å²) in [5.74, 6) is 0.526. The van der Waals surface area contributed by atoms with Crippen LogP contribution < -0.4 is 10.5 Å². The Labute approximate surface area is 233 Å². The predicted molar refractivity (Wildman–Crippen MR) is 157 cm³/mol. The number of benzene rings is 1. The molecule has 2 aliphatic heterocycles. The molecule has 3 atom stereocenters. The Morgan fingerprint density at radius 2 is 1.79 bits per heavy atom. The molecule has 0 amide bonds. The molecular formula is C32H48N4O3. The van der Waals surface area contributed by atoms with Gasteiger partial charge in [-0.25, -0.2) is 4.98 Å². The molecule has 1 aromatic carbocycles. The van der Waals surface area contributed by atoms with Gasteiger partial charge in [0.15, 0.2) is 5.82 Å². The van der Waals surface area contributed by atoms with Gasteiger partial charge in [-0.05, 0) is 77.3 Å². The Bertz CT molecular complexity index is 1200. The number of aromatic nitrogens is 2. The minimum atomic E-state index is -0.187. The lowest BCUT2D eigenvalue weighted by Crippen LogP contribution is -2.50. The SMILES string of the molecule is COC(=O)CC1CCN(c2nc3ccccc3n([C@@H](C)C[C@@H]3CCC(C)(C)N3C3CCCCCCC3)c2=O)C1. The van der Waals surface area contributed by atoms with Crippen LogP contribution in [0.15, 0.2) is 29.1 Å². The molecule has 39 heavy (non-hydrogen) atoms. The molecule has 3 aliphatic rings. The first-order valence-electron chi connectivity index (χ1n) is 15.4. The number of carbonyl (C=O) groups excluding carboxylic acids is 1. The quantitative estimate of drug-likeness (QED) is 0.399. The smallest absolute Gasteiger partial charge is 0.305 e. The molecule has 2 aromatic rings. The average molecular weight is 537 g/mol. The summed E-state index contributed by atoms with van der Waals surface area (Å²) < 4.78 is 6.91. The summed E-state index contributed by atoms with van der Waals surface area (Å²) in [5.41, 5.74) is 1.97. The highest BCUT2D eigenvalue weighted by Gasteiger charge is 2.43. The lowest BCUT2D eigenvalue weighted by molar-refractivity contribution is -0.141. The van der Waals surface area contributed by atoms with Crippen LogP contribution in [0.2, 0.25) is 0 Å². The van der Waals surface area contributed by atoms with Gasteiger partial charge in [0.1, 0.15) is 0 Å². The van der Waals surface area contributed by atoms with E-state index in [0.29, 0.717) is 30.9 Å². The molecule has 0 spiro atoms. The number of likely N-dealkylation sites (tertiary alicyclic amines) is 1. The van der Waals surface area contributed by atoms with Crippen LogP contribution in [0.5, 0.6) is 0 Å². The van der Waals surface area contributed by atoms with Gasteiger partial charge in [0, 0.05) is 36.8 Å². The minimum absolute atomic E-state index is 0.00493. The lowest BCUT2D eigenvalue weighted by atomic mass is 9.91. The second kappa shape index (κ2) is 12.0. The van der Waals surface area contributed by atoms with E-state index in [0.717, 1.165) is 30.4 Å². The maximum Gasteiger partial charge on any atom is 0.305 e. The van der Waals surface area contributed by atoms with Gasteiger partial charge in [-0.15, -0.1) is 0 Å². The highest BCUT2D eigenvalue weighted by atomic mass is 16.5. The topological polar surface area (TPSA) is 67.7 Å². The number of fused-ring (bicyclic) bond motifs is 1. The molecule has 5 rings (SSSR count). The number of rotatable bonds is 7. The number of carbonyl (C=O) groups is 1. The second-order valence-electron chi connectivity index (χ2n) is 13.0. The second-order valence-corrected chi connectivity index (χ2v) is 13.0. The normalized spacial score (nSPS) is 25.5. The van der Waals surface area contributed by atoms with Crippen molar-refractivity contribution >= 4 is 22.8 Å². The Morgan fingerprint density at radius 3 is 2.54 bits per heavy atom. The summed E-state index contributed by atoms with van der Waals surface area (Å²) in [6, 6.07) is 9.26. The van der Waals surface area contributed by atoms with Crippen LogP contribution in [-0.4, -0.2) is 58.2 Å². The molecule has 214 valence electrons. The van der Waals surface area contributed by atoms with Crippen molar-refractivity contribution in [1.29, 1.82) is 0 Å². The van der Waals surface area contributed by atoms with Crippen molar-refractivity contribution in [2.24, 2.45) is 5.92 Å². The first-order valence-corrected chi connectivity index (χ1v) is 15.4. The van der Waals surface area contributed by atoms with Crippen LogP contribution in [0.4, 0.5) is 5.82 Å². The fraction of sp³-hybridized carbons (Fsp3) is 0.719. The number of methoxy groups -OCH3 is 1. The summed E-state index contributed by atoms with van der Waals surface area (Å²) >= 11 is 0. The highest BCUT2D eigenvalue weighted by molar-refractivity contribution is 5.76. The molecule has 0 bridgehead atoms. The number of hydrogen-bond acceptors (Lipinski definition) is 6. The molecule has 7 heteroatoms. The van der Waals surface area contributed by atoms with Crippen molar-refractivity contribution in [2.45, 2.75) is 121 Å². The third kappa shape index (κ3) is 6.03. The van der Waals surface area contributed by atoms with E-state index >= 15 is 0 Å². The van der Waals surface area contributed by atoms with Crippen molar-refractivity contribution in [3.8, 4) is 0 Å². The molecule has 0 N–H and O–H groups in total. The third-order valence-electron chi connectivity index (χ3n) is 9.75. The Balaban J connectivity index is 1.42. The van der Waals surface area contributed by atoms with E-state index in [9.17, 15) is 9.59 Å². The molecule has 1 unspecified atom stereocenters. The zero-order chi connectivity index (χ0) is 27.6. The van der Waals surface area contributed by atoms with E-state index in [4.69, 9.17) is 9.72 Å². The van der Waals surface area contributed by atoms with Crippen molar-refractivity contribution in [3.63, 3.8) is 0 Å². The molecule has 7 nitrogen and oxygen atoms in total. The third-order valence-corrected chi connectivity index (χ3v) is 9.75. The van der Waals surface area contributed by atoms with Crippen LogP contribution >= 0.6 is 0 Å². The fourth-order valence-electron chi connectivity index (χ4n) is 7.81. The number of hydrogen-bond donors (Lipinski definition) is 0. The first-order chi connectivity index (χ1) is 18.8. The zero-order valence-corrected chi connectivity index (χ0v) is 24.5. The van der Waals surface area contributed by atoms with Gasteiger partial charge in [0.05, 0.1) is 24.6 Å². The minimum Gasteiger partial charge on any atom is -0.469 e. The number of nitrogens with zero attached hydrogens (tertiary/aromatic N) is 4. The Hall–Kier alpha value is -2.41. The number of para-hydroxylation sites is 2. The van der Waals surface area contributed by atoms with Crippen LogP contribution in [0.3, 0.4) is 0 Å². The van der Waals surface area contributed by atoms with Crippen LogP contribution in [0, 0.1) is 5.92 Å². The highest BCUT2D eigenvalue weighted by Crippen LogP contribution is 2.41. The monoisotopic (exact) mass is 536 g/mol. The molecule has 3 heterocycles. The molecule has 2 saturated heterocycles. The van der Waals surface area contributed by atoms with Gasteiger partial charge in [-0.2, -0.15) is 0 Å². The summed E-state index contributed by atoms with van der Waals surface area (Å²) in [7, 11) is 1.43. The van der Waals surface area contributed by atoms with E-state index in [1.54, 1.807) is 0 Å². The standard InChI is InChI=1S/C32H48N4O3/c1-23(20-26-16-18-32(2,3)36(26)25-12-8-6-5-7-9-13-25)35-28-15-11-10-14-27(28)33-30(31(35)38)34-19-17-24(22-34)21-29(37)39-4/h10-11,14-15,23-26H,5-9,12-13,16-22H2,1-4H3/t23-,24?,26-/m0/s1. The van der Waals surface area contributed by atoms with Crippen LogP contribution in [0.25, 0.3) is 11.0 Å². The van der Waals surface area contributed by atoms with E-state index < -0.39 is 0 Å². The van der Waals surface area contributed by atoms with E-state index in [2.05, 4.69) is 30.6 Å². The molecular weight excluding hydrogens is 488 g/mol. The van der Waals surface area contributed by atoms with E-state index in [1.165, 1.54) is 64.9 Å².